The molecule has 7 heteroatoms. The highest BCUT2D eigenvalue weighted by atomic mass is 32.3. The van der Waals surface area contributed by atoms with Gasteiger partial charge in [0.15, 0.2) is 0 Å². The second-order valence-electron chi connectivity index (χ2n) is 3.41. The van der Waals surface area contributed by atoms with Crippen LogP contribution in [-0.2, 0) is 10.4 Å². The average molecular weight is 216 g/mol. The SMILES string of the molecule is C[NH+](C)C.C[NH+](C)C.O=S(=O)([O-])[O-]. The molecule has 0 saturated carbocycles. The van der Waals surface area contributed by atoms with E-state index in [2.05, 4.69) is 42.3 Å². The van der Waals surface area contributed by atoms with E-state index in [0.717, 1.165) is 0 Å². The monoisotopic (exact) mass is 216 g/mol. The second-order valence-corrected chi connectivity index (χ2v) is 4.22. The number of hydrogen-bond donors (Lipinski definition) is 2. The predicted molar refractivity (Wildman–Crippen MR) is 47.9 cm³/mol. The topological polar surface area (TPSA) is 89.1 Å². The van der Waals surface area contributed by atoms with Crippen molar-refractivity contribution in [3.8, 4) is 0 Å². The van der Waals surface area contributed by atoms with Crippen LogP contribution in [0, 0.1) is 0 Å². The minimum absolute atomic E-state index is 1.42. The summed E-state index contributed by atoms with van der Waals surface area (Å²) in [6.07, 6.45) is 0. The maximum absolute atomic E-state index is 8.52. The van der Waals surface area contributed by atoms with Gasteiger partial charge < -0.3 is 18.9 Å². The molecule has 0 fully saturated rings. The van der Waals surface area contributed by atoms with Crippen molar-refractivity contribution < 1.29 is 27.3 Å². The summed E-state index contributed by atoms with van der Waals surface area (Å²) in [6.45, 7) is 0. The number of rotatable bonds is 0. The van der Waals surface area contributed by atoms with Crippen molar-refractivity contribution >= 4 is 10.4 Å². The lowest BCUT2D eigenvalue weighted by atomic mass is 11.0. The van der Waals surface area contributed by atoms with Gasteiger partial charge in [-0.2, -0.15) is 0 Å². The normalized spacial score (nSPS) is 10.0. The number of hydrogen-bond acceptors (Lipinski definition) is 4. The lowest BCUT2D eigenvalue weighted by Crippen LogP contribution is -3.02. The van der Waals surface area contributed by atoms with Gasteiger partial charge >= 0.3 is 0 Å². The van der Waals surface area contributed by atoms with Crippen LogP contribution in [0.3, 0.4) is 0 Å². The van der Waals surface area contributed by atoms with Gasteiger partial charge in [-0.25, -0.2) is 0 Å². The highest BCUT2D eigenvalue weighted by Gasteiger charge is 1.61. The fourth-order valence-corrected chi connectivity index (χ4v) is 0. The second kappa shape index (κ2) is 9.87. The first-order valence-corrected chi connectivity index (χ1v) is 5.00. The summed E-state index contributed by atoms with van der Waals surface area (Å²) in [5.74, 6) is 0. The molecule has 0 aliphatic heterocycles. The van der Waals surface area contributed by atoms with Crippen LogP contribution in [0.25, 0.3) is 0 Å². The molecule has 0 unspecified atom stereocenters. The molecule has 0 aromatic heterocycles. The molecule has 0 heterocycles. The number of nitrogens with one attached hydrogen (secondary N) is 2. The van der Waals surface area contributed by atoms with Gasteiger partial charge in [-0.3, -0.25) is 8.42 Å². The van der Waals surface area contributed by atoms with Gasteiger partial charge in [0.05, 0.1) is 42.3 Å². The highest BCUT2D eigenvalue weighted by molar-refractivity contribution is 7.79. The van der Waals surface area contributed by atoms with E-state index in [-0.39, 0.29) is 0 Å². The fourth-order valence-electron chi connectivity index (χ4n) is 0. The van der Waals surface area contributed by atoms with Crippen molar-refractivity contribution in [3.63, 3.8) is 0 Å². The maximum atomic E-state index is 8.52. The van der Waals surface area contributed by atoms with E-state index in [9.17, 15) is 0 Å². The van der Waals surface area contributed by atoms with Crippen LogP contribution in [-0.4, -0.2) is 59.8 Å². The minimum atomic E-state index is -5.17. The molecule has 0 saturated heterocycles. The van der Waals surface area contributed by atoms with Crippen LogP contribution in [0.1, 0.15) is 0 Å². The first kappa shape index (κ1) is 18.5. The first-order chi connectivity index (χ1) is 5.46. The molecule has 0 radical (unpaired) electrons. The summed E-state index contributed by atoms with van der Waals surface area (Å²) in [7, 11) is 7.33. The summed E-state index contributed by atoms with van der Waals surface area (Å²) in [4.78, 5) is 2.83. The van der Waals surface area contributed by atoms with Crippen LogP contribution in [0.4, 0.5) is 0 Å². The third-order valence-corrected chi connectivity index (χ3v) is 0. The molecule has 0 aromatic rings. The van der Waals surface area contributed by atoms with Crippen LogP contribution in [0.5, 0.6) is 0 Å². The van der Waals surface area contributed by atoms with Gasteiger partial charge in [0.2, 0.25) is 0 Å². The van der Waals surface area contributed by atoms with E-state index in [0.29, 0.717) is 0 Å². The van der Waals surface area contributed by atoms with Gasteiger partial charge in [-0.15, -0.1) is 0 Å². The van der Waals surface area contributed by atoms with Crippen molar-refractivity contribution in [2.45, 2.75) is 0 Å². The molecule has 13 heavy (non-hydrogen) atoms. The molecule has 0 rings (SSSR count). The Balaban J connectivity index is -0.000000117. The Labute approximate surface area is 80.7 Å². The Bertz CT molecular complexity index is 158. The van der Waals surface area contributed by atoms with Gasteiger partial charge in [-0.1, -0.05) is 0 Å². The quantitative estimate of drug-likeness (QED) is 0.321. The molecule has 0 atom stereocenters. The maximum Gasteiger partial charge on any atom is 0.0661 e. The van der Waals surface area contributed by atoms with E-state index in [1.54, 1.807) is 0 Å². The van der Waals surface area contributed by atoms with Crippen molar-refractivity contribution in [1.29, 1.82) is 0 Å². The van der Waals surface area contributed by atoms with E-state index in [1.165, 1.54) is 9.80 Å². The van der Waals surface area contributed by atoms with Gasteiger partial charge in [0, 0.05) is 10.4 Å². The molecule has 0 spiro atoms. The Morgan fingerprint density at radius 3 is 0.769 bits per heavy atom. The van der Waals surface area contributed by atoms with Crippen molar-refractivity contribution in [2.75, 3.05) is 42.3 Å². The largest absolute Gasteiger partial charge is 0.759 e. The zero-order valence-corrected chi connectivity index (χ0v) is 9.86. The van der Waals surface area contributed by atoms with Crippen LogP contribution in [0.15, 0.2) is 0 Å². The third kappa shape index (κ3) is 25600. The summed E-state index contributed by atoms with van der Waals surface area (Å²) < 4.78 is 34.1. The van der Waals surface area contributed by atoms with Gasteiger partial charge in [0.1, 0.15) is 0 Å². The Kier molecular flexibility index (Phi) is 14.1. The molecule has 0 aliphatic rings. The van der Waals surface area contributed by atoms with Crippen LogP contribution >= 0.6 is 0 Å². The molecule has 0 bridgehead atoms. The first-order valence-electron chi connectivity index (χ1n) is 3.67. The zero-order chi connectivity index (χ0) is 11.7. The van der Waals surface area contributed by atoms with E-state index >= 15 is 0 Å². The smallest absolute Gasteiger partial charge is 0.0661 e. The molecular formula is C6H20N2O4S. The molecule has 6 nitrogen and oxygen atoms in total. The molecule has 2 N–H and O–H groups in total. The van der Waals surface area contributed by atoms with Crippen molar-refractivity contribution in [2.24, 2.45) is 0 Å². The van der Waals surface area contributed by atoms with E-state index in [1.807, 2.05) is 0 Å². The van der Waals surface area contributed by atoms with Crippen LogP contribution in [0.2, 0.25) is 0 Å². The third-order valence-electron chi connectivity index (χ3n) is 0. The molecular weight excluding hydrogens is 196 g/mol. The highest BCUT2D eigenvalue weighted by Crippen LogP contribution is 1.57. The van der Waals surface area contributed by atoms with Crippen molar-refractivity contribution in [1.82, 2.24) is 0 Å². The molecule has 0 amide bonds. The van der Waals surface area contributed by atoms with Gasteiger partial charge in [-0.05, 0) is 0 Å². The summed E-state index contributed by atoms with van der Waals surface area (Å²) in [5, 5.41) is 0. The Morgan fingerprint density at radius 1 is 0.769 bits per heavy atom. The standard InChI is InChI=1S/2C3H9N.H2O4S/c2*1-4(2)3;1-5(2,3)4/h2*1-3H3;(H2,1,2,3,4). The van der Waals surface area contributed by atoms with Gasteiger partial charge in [0.25, 0.3) is 0 Å². The predicted octanol–water partition coefficient (Wildman–Crippen LogP) is -3.82. The fraction of sp³-hybridized carbons (Fsp3) is 1.00. The number of quaternary nitrogens is 2. The van der Waals surface area contributed by atoms with E-state index < -0.39 is 10.4 Å². The lowest BCUT2D eigenvalue weighted by Gasteiger charge is -2.06. The summed E-state index contributed by atoms with van der Waals surface area (Å²) >= 11 is 0. The molecule has 0 aromatic carbocycles. The molecule has 0 aliphatic carbocycles. The summed E-state index contributed by atoms with van der Waals surface area (Å²) in [5.41, 5.74) is 0. The Hall–Kier alpha value is -0.210. The van der Waals surface area contributed by atoms with E-state index in [4.69, 9.17) is 17.5 Å². The zero-order valence-electron chi connectivity index (χ0n) is 9.04. The van der Waals surface area contributed by atoms with Crippen molar-refractivity contribution in [3.05, 3.63) is 0 Å². The lowest BCUT2D eigenvalue weighted by molar-refractivity contribution is -0.836. The molecule has 84 valence electrons. The minimum Gasteiger partial charge on any atom is -0.759 e. The summed E-state index contributed by atoms with van der Waals surface area (Å²) in [6, 6.07) is 0. The Morgan fingerprint density at radius 2 is 0.769 bits per heavy atom. The average Bonchev–Trinajstić information content (AvgIpc) is 1.50. The van der Waals surface area contributed by atoms with Crippen LogP contribution < -0.4 is 9.80 Å².